The van der Waals surface area contributed by atoms with E-state index in [1.807, 2.05) is 0 Å². The lowest BCUT2D eigenvalue weighted by Gasteiger charge is -2.39. The maximum Gasteiger partial charge on any atom is -0.0150 e. The molecular formula is C31H61P. The van der Waals surface area contributed by atoms with Gasteiger partial charge in [-0.25, -0.2) is 0 Å². The molecule has 0 bridgehead atoms. The summed E-state index contributed by atoms with van der Waals surface area (Å²) >= 11 is 0. The molecule has 1 heteroatoms. The highest BCUT2D eigenvalue weighted by Crippen LogP contribution is 2.46. The van der Waals surface area contributed by atoms with Gasteiger partial charge in [-0.2, -0.15) is 0 Å². The van der Waals surface area contributed by atoms with Crippen LogP contribution >= 0.6 is 8.58 Å². The van der Waals surface area contributed by atoms with Crippen LogP contribution in [-0.2, 0) is 0 Å². The lowest BCUT2D eigenvalue weighted by atomic mass is 9.68. The number of rotatable bonds is 15. The second-order valence-corrected chi connectivity index (χ2v) is 14.4. The fourth-order valence-electron chi connectivity index (χ4n) is 7.08. The molecule has 1 aliphatic carbocycles. The topological polar surface area (TPSA) is 0 Å². The summed E-state index contributed by atoms with van der Waals surface area (Å²) in [6, 6.07) is 0. The average Bonchev–Trinajstić information content (AvgIpc) is 2.78. The van der Waals surface area contributed by atoms with Crippen molar-refractivity contribution >= 4 is 8.58 Å². The molecular weight excluding hydrogens is 403 g/mol. The van der Waals surface area contributed by atoms with E-state index < -0.39 is 0 Å². The molecule has 2 rings (SSSR count). The van der Waals surface area contributed by atoms with E-state index >= 15 is 0 Å². The third-order valence-electron chi connectivity index (χ3n) is 9.42. The first-order valence-corrected chi connectivity index (χ1v) is 16.5. The summed E-state index contributed by atoms with van der Waals surface area (Å²) in [5, 5.41) is 0.678. The lowest BCUT2D eigenvalue weighted by Crippen LogP contribution is -2.28. The number of unbranched alkanes of at least 4 members (excludes halogenated alkanes) is 6. The highest BCUT2D eigenvalue weighted by atomic mass is 31.1. The molecule has 4 atom stereocenters. The zero-order valence-electron chi connectivity index (χ0n) is 22.9. The van der Waals surface area contributed by atoms with Crippen LogP contribution in [0.15, 0.2) is 0 Å². The summed E-state index contributed by atoms with van der Waals surface area (Å²) in [5.74, 6) is 4.08. The summed E-state index contributed by atoms with van der Waals surface area (Å²) in [6.07, 6.45) is 32.9. The van der Waals surface area contributed by atoms with E-state index in [1.165, 1.54) is 137 Å². The van der Waals surface area contributed by atoms with Gasteiger partial charge >= 0.3 is 0 Å². The molecule has 190 valence electrons. The molecule has 0 spiro atoms. The number of hydrogen-bond acceptors (Lipinski definition) is 0. The van der Waals surface area contributed by atoms with Crippen LogP contribution in [0.1, 0.15) is 163 Å². The third kappa shape index (κ3) is 11.2. The van der Waals surface area contributed by atoms with Crippen molar-refractivity contribution in [2.75, 3.05) is 6.16 Å². The Morgan fingerprint density at radius 1 is 0.781 bits per heavy atom. The fraction of sp³-hybridized carbons (Fsp3) is 1.00. The minimum Gasteiger partial charge on any atom is -0.116 e. The number of hydrogen-bond donors (Lipinski definition) is 0. The predicted molar refractivity (Wildman–Crippen MR) is 150 cm³/mol. The van der Waals surface area contributed by atoms with Gasteiger partial charge in [0.15, 0.2) is 0 Å². The Morgan fingerprint density at radius 2 is 1.47 bits per heavy atom. The Kier molecular flexibility index (Phi) is 15.2. The van der Waals surface area contributed by atoms with Gasteiger partial charge in [-0.3, -0.25) is 0 Å². The molecule has 0 aromatic carbocycles. The monoisotopic (exact) mass is 464 g/mol. The van der Waals surface area contributed by atoms with E-state index in [-0.39, 0.29) is 0 Å². The SMILES string of the molecule is CCCCCCCCCC(C(C)CCC1(C)CCCCCCP1)C1CCC(CCC)CC1. The smallest absolute Gasteiger partial charge is 0.0150 e. The van der Waals surface area contributed by atoms with Gasteiger partial charge in [0, 0.05) is 0 Å². The largest absolute Gasteiger partial charge is 0.116 e. The van der Waals surface area contributed by atoms with E-state index in [9.17, 15) is 0 Å². The summed E-state index contributed by atoms with van der Waals surface area (Å²) in [7, 11) is 1.23. The zero-order valence-corrected chi connectivity index (χ0v) is 23.9. The van der Waals surface area contributed by atoms with Crippen LogP contribution in [-0.4, -0.2) is 11.3 Å². The molecule has 1 saturated heterocycles. The van der Waals surface area contributed by atoms with E-state index in [2.05, 4.69) is 27.7 Å². The molecule has 0 amide bonds. The van der Waals surface area contributed by atoms with E-state index in [4.69, 9.17) is 0 Å². The average molecular weight is 465 g/mol. The van der Waals surface area contributed by atoms with Gasteiger partial charge in [-0.05, 0) is 79.9 Å². The first-order chi connectivity index (χ1) is 15.6. The summed E-state index contributed by atoms with van der Waals surface area (Å²) in [5.41, 5.74) is 0. The summed E-state index contributed by atoms with van der Waals surface area (Å²) in [6.45, 7) is 10.0. The van der Waals surface area contributed by atoms with Gasteiger partial charge < -0.3 is 0 Å². The van der Waals surface area contributed by atoms with Crippen molar-refractivity contribution in [1.29, 1.82) is 0 Å². The normalized spacial score (nSPS) is 30.0. The second-order valence-electron chi connectivity index (χ2n) is 12.3. The maximum atomic E-state index is 2.67. The Hall–Kier alpha value is 0.430. The molecule has 2 aliphatic rings. The maximum absolute atomic E-state index is 2.67. The second kappa shape index (κ2) is 17.0. The first-order valence-electron chi connectivity index (χ1n) is 15.3. The van der Waals surface area contributed by atoms with Crippen molar-refractivity contribution < 1.29 is 0 Å². The van der Waals surface area contributed by atoms with Crippen LogP contribution in [0.2, 0.25) is 0 Å². The standard InChI is InChI=1S/C31H61P/c1-5-7-8-9-10-11-14-18-30(29-21-19-28(17-6-2)20-22-29)27(3)23-25-31(4)24-15-12-13-16-26-32-31/h27-30,32H,5-26H2,1-4H3. The molecule has 1 heterocycles. The van der Waals surface area contributed by atoms with Crippen LogP contribution in [0.25, 0.3) is 0 Å². The zero-order chi connectivity index (χ0) is 23.1. The molecule has 32 heavy (non-hydrogen) atoms. The predicted octanol–water partition coefficient (Wildman–Crippen LogP) is 11.2. The Balaban J connectivity index is 1.84. The molecule has 1 aliphatic heterocycles. The van der Waals surface area contributed by atoms with Gasteiger partial charge in [0.1, 0.15) is 0 Å². The van der Waals surface area contributed by atoms with Crippen molar-refractivity contribution in [2.45, 2.75) is 168 Å². The molecule has 0 aromatic rings. The minimum absolute atomic E-state index is 0.678. The Morgan fingerprint density at radius 3 is 2.19 bits per heavy atom. The van der Waals surface area contributed by atoms with Gasteiger partial charge in [0.2, 0.25) is 0 Å². The van der Waals surface area contributed by atoms with Crippen LogP contribution in [0.5, 0.6) is 0 Å². The summed E-state index contributed by atoms with van der Waals surface area (Å²) in [4.78, 5) is 0. The van der Waals surface area contributed by atoms with Crippen molar-refractivity contribution in [3.05, 3.63) is 0 Å². The molecule has 4 unspecified atom stereocenters. The highest BCUT2D eigenvalue weighted by molar-refractivity contribution is 7.39. The van der Waals surface area contributed by atoms with Crippen molar-refractivity contribution in [1.82, 2.24) is 0 Å². The van der Waals surface area contributed by atoms with E-state index in [1.54, 1.807) is 12.8 Å². The van der Waals surface area contributed by atoms with Crippen LogP contribution in [0.3, 0.4) is 0 Å². The van der Waals surface area contributed by atoms with Crippen LogP contribution < -0.4 is 0 Å². The van der Waals surface area contributed by atoms with E-state index in [0.29, 0.717) is 5.16 Å². The fourth-order valence-corrected chi connectivity index (χ4v) is 8.79. The Labute approximate surface area is 206 Å². The van der Waals surface area contributed by atoms with Gasteiger partial charge in [-0.1, -0.05) is 118 Å². The van der Waals surface area contributed by atoms with Gasteiger partial charge in [-0.15, -0.1) is 8.58 Å². The summed E-state index contributed by atoms with van der Waals surface area (Å²) < 4.78 is 0. The minimum atomic E-state index is 0.678. The quantitative estimate of drug-likeness (QED) is 0.167. The van der Waals surface area contributed by atoms with E-state index in [0.717, 1.165) is 23.7 Å². The van der Waals surface area contributed by atoms with Crippen LogP contribution in [0, 0.1) is 23.7 Å². The molecule has 2 fully saturated rings. The highest BCUT2D eigenvalue weighted by Gasteiger charge is 2.32. The van der Waals surface area contributed by atoms with Crippen LogP contribution in [0.4, 0.5) is 0 Å². The van der Waals surface area contributed by atoms with Crippen molar-refractivity contribution in [2.24, 2.45) is 23.7 Å². The molecule has 0 nitrogen and oxygen atoms in total. The van der Waals surface area contributed by atoms with Gasteiger partial charge in [0.25, 0.3) is 0 Å². The third-order valence-corrected chi connectivity index (χ3v) is 11.4. The first kappa shape index (κ1) is 28.7. The van der Waals surface area contributed by atoms with Crippen molar-refractivity contribution in [3.63, 3.8) is 0 Å². The molecule has 0 N–H and O–H groups in total. The molecule has 1 saturated carbocycles. The Bertz CT molecular complexity index is 428. The molecule has 0 radical (unpaired) electrons. The molecule has 0 aromatic heterocycles. The lowest BCUT2D eigenvalue weighted by molar-refractivity contribution is 0.136. The van der Waals surface area contributed by atoms with Gasteiger partial charge in [0.05, 0.1) is 0 Å². The van der Waals surface area contributed by atoms with Crippen molar-refractivity contribution in [3.8, 4) is 0 Å².